The van der Waals surface area contributed by atoms with Gasteiger partial charge in [-0.05, 0) is 32.4 Å². The van der Waals surface area contributed by atoms with Gasteiger partial charge in [0.1, 0.15) is 11.6 Å². The molecule has 110 valence electrons. The number of carboxylic acids is 1. The third kappa shape index (κ3) is 4.53. The number of carbonyl (C=O) groups excluding carboxylic acids is 1. The number of halogens is 1. The molecule has 0 aliphatic heterocycles. The van der Waals surface area contributed by atoms with E-state index < -0.39 is 23.2 Å². The zero-order valence-corrected chi connectivity index (χ0v) is 11.7. The maximum atomic E-state index is 13.7. The minimum absolute atomic E-state index is 0.0711. The van der Waals surface area contributed by atoms with Crippen LogP contribution >= 0.6 is 0 Å². The molecular weight excluding hydrogens is 265 g/mol. The van der Waals surface area contributed by atoms with Crippen molar-refractivity contribution in [2.24, 2.45) is 0 Å². The van der Waals surface area contributed by atoms with Crippen LogP contribution in [0.3, 0.4) is 0 Å². The first-order valence-corrected chi connectivity index (χ1v) is 6.13. The third-order valence-corrected chi connectivity index (χ3v) is 2.84. The molecule has 1 amide bonds. The molecule has 0 spiro atoms. The lowest BCUT2D eigenvalue weighted by Crippen LogP contribution is -2.44. The highest BCUT2D eigenvalue weighted by Crippen LogP contribution is 2.18. The standard InChI is InChI=1S/C14H18FNO4/c1-14(2,7-6-12(17)18)16-13(19)10-5-4-9(20-3)8-11(10)15/h4-5,8H,6-7H2,1-3H3,(H,16,19)(H,17,18). The van der Waals surface area contributed by atoms with Gasteiger partial charge in [-0.1, -0.05) is 0 Å². The normalized spacial score (nSPS) is 11.0. The number of aliphatic carboxylic acids is 1. The molecule has 0 aliphatic rings. The molecule has 0 fully saturated rings. The predicted molar refractivity (Wildman–Crippen MR) is 71.4 cm³/mol. The largest absolute Gasteiger partial charge is 0.497 e. The summed E-state index contributed by atoms with van der Waals surface area (Å²) >= 11 is 0. The summed E-state index contributed by atoms with van der Waals surface area (Å²) in [4.78, 5) is 22.5. The first kappa shape index (κ1) is 15.9. The van der Waals surface area contributed by atoms with Crippen LogP contribution in [0.5, 0.6) is 5.75 Å². The summed E-state index contributed by atoms with van der Waals surface area (Å²) in [6, 6.07) is 3.94. The molecule has 0 atom stereocenters. The average molecular weight is 283 g/mol. The summed E-state index contributed by atoms with van der Waals surface area (Å²) in [6.45, 7) is 3.38. The fraction of sp³-hybridized carbons (Fsp3) is 0.429. The number of benzene rings is 1. The Morgan fingerprint density at radius 2 is 2.05 bits per heavy atom. The van der Waals surface area contributed by atoms with Gasteiger partial charge in [0.05, 0.1) is 12.7 Å². The van der Waals surface area contributed by atoms with E-state index >= 15 is 0 Å². The highest BCUT2D eigenvalue weighted by molar-refractivity contribution is 5.95. The zero-order valence-electron chi connectivity index (χ0n) is 11.7. The fourth-order valence-corrected chi connectivity index (χ4v) is 1.66. The van der Waals surface area contributed by atoms with Gasteiger partial charge in [0.15, 0.2) is 0 Å². The number of carboxylic acid groups (broad SMARTS) is 1. The SMILES string of the molecule is COc1ccc(C(=O)NC(C)(C)CCC(=O)O)c(F)c1. The molecule has 0 radical (unpaired) electrons. The van der Waals surface area contributed by atoms with Crippen molar-refractivity contribution in [3.8, 4) is 5.75 Å². The molecule has 0 saturated heterocycles. The van der Waals surface area contributed by atoms with Gasteiger partial charge in [0.25, 0.3) is 5.91 Å². The van der Waals surface area contributed by atoms with E-state index in [0.717, 1.165) is 6.07 Å². The van der Waals surface area contributed by atoms with Crippen LogP contribution in [0.4, 0.5) is 4.39 Å². The second-order valence-electron chi connectivity index (χ2n) is 5.08. The van der Waals surface area contributed by atoms with Crippen LogP contribution in [0, 0.1) is 5.82 Å². The lowest BCUT2D eigenvalue weighted by atomic mass is 9.97. The van der Waals surface area contributed by atoms with E-state index in [2.05, 4.69) is 5.32 Å². The minimum Gasteiger partial charge on any atom is -0.497 e. The Labute approximate surface area is 116 Å². The number of amides is 1. The van der Waals surface area contributed by atoms with Gasteiger partial charge in [-0.25, -0.2) is 4.39 Å². The minimum atomic E-state index is -0.942. The second kappa shape index (κ2) is 6.36. The smallest absolute Gasteiger partial charge is 0.303 e. The van der Waals surface area contributed by atoms with E-state index in [4.69, 9.17) is 9.84 Å². The number of nitrogens with one attached hydrogen (secondary N) is 1. The van der Waals surface area contributed by atoms with Gasteiger partial charge in [-0.3, -0.25) is 9.59 Å². The van der Waals surface area contributed by atoms with Crippen molar-refractivity contribution in [1.82, 2.24) is 5.32 Å². The van der Waals surface area contributed by atoms with Gasteiger partial charge < -0.3 is 15.2 Å². The molecule has 0 heterocycles. The van der Waals surface area contributed by atoms with Gasteiger partial charge in [-0.15, -0.1) is 0 Å². The van der Waals surface area contributed by atoms with E-state index in [1.807, 2.05) is 0 Å². The van der Waals surface area contributed by atoms with Crippen molar-refractivity contribution >= 4 is 11.9 Å². The quantitative estimate of drug-likeness (QED) is 0.839. The van der Waals surface area contributed by atoms with E-state index in [1.165, 1.54) is 19.2 Å². The average Bonchev–Trinajstić information content (AvgIpc) is 2.35. The number of ether oxygens (including phenoxy) is 1. The van der Waals surface area contributed by atoms with Crippen molar-refractivity contribution in [1.29, 1.82) is 0 Å². The van der Waals surface area contributed by atoms with Crippen molar-refractivity contribution < 1.29 is 23.8 Å². The summed E-state index contributed by atoms with van der Waals surface area (Å²) in [6.07, 6.45) is 0.185. The fourth-order valence-electron chi connectivity index (χ4n) is 1.66. The Kier molecular flexibility index (Phi) is 5.07. The molecule has 20 heavy (non-hydrogen) atoms. The van der Waals surface area contributed by atoms with Gasteiger partial charge in [0.2, 0.25) is 0 Å². The first-order valence-electron chi connectivity index (χ1n) is 6.13. The van der Waals surface area contributed by atoms with Crippen molar-refractivity contribution in [3.63, 3.8) is 0 Å². The molecule has 0 unspecified atom stereocenters. The molecular formula is C14H18FNO4. The van der Waals surface area contributed by atoms with Crippen molar-refractivity contribution in [2.75, 3.05) is 7.11 Å². The number of hydrogen-bond acceptors (Lipinski definition) is 3. The van der Waals surface area contributed by atoms with E-state index in [1.54, 1.807) is 13.8 Å². The van der Waals surface area contributed by atoms with E-state index in [-0.39, 0.29) is 18.4 Å². The molecule has 0 bridgehead atoms. The van der Waals surface area contributed by atoms with Crippen LogP contribution in [0.1, 0.15) is 37.0 Å². The molecule has 1 aromatic carbocycles. The molecule has 1 aromatic rings. The Balaban J connectivity index is 2.77. The molecule has 6 heteroatoms. The first-order chi connectivity index (χ1) is 9.25. The highest BCUT2D eigenvalue weighted by Gasteiger charge is 2.23. The number of methoxy groups -OCH3 is 1. The van der Waals surface area contributed by atoms with Crippen LogP contribution in [-0.4, -0.2) is 29.6 Å². The summed E-state index contributed by atoms with van der Waals surface area (Å²) in [5.74, 6) is -1.89. The lowest BCUT2D eigenvalue weighted by molar-refractivity contribution is -0.137. The zero-order chi connectivity index (χ0) is 15.3. The summed E-state index contributed by atoms with van der Waals surface area (Å²) in [5.41, 5.74) is -0.837. The van der Waals surface area contributed by atoms with Crippen molar-refractivity contribution in [2.45, 2.75) is 32.2 Å². The maximum Gasteiger partial charge on any atom is 0.303 e. The Hall–Kier alpha value is -2.11. The van der Waals surface area contributed by atoms with E-state index in [0.29, 0.717) is 5.75 Å². The number of rotatable bonds is 6. The van der Waals surface area contributed by atoms with Gasteiger partial charge in [0, 0.05) is 18.0 Å². The topological polar surface area (TPSA) is 75.6 Å². The Morgan fingerprint density at radius 1 is 1.40 bits per heavy atom. The predicted octanol–water partition coefficient (Wildman–Crippen LogP) is 2.21. The molecule has 1 rings (SSSR count). The molecule has 0 aromatic heterocycles. The van der Waals surface area contributed by atoms with E-state index in [9.17, 15) is 14.0 Å². The molecule has 0 saturated carbocycles. The second-order valence-corrected chi connectivity index (χ2v) is 5.08. The summed E-state index contributed by atoms with van der Waals surface area (Å²) in [7, 11) is 1.41. The Bertz CT molecular complexity index is 514. The van der Waals surface area contributed by atoms with Crippen LogP contribution < -0.4 is 10.1 Å². The van der Waals surface area contributed by atoms with Crippen molar-refractivity contribution in [3.05, 3.63) is 29.6 Å². The number of carbonyl (C=O) groups is 2. The molecule has 5 nitrogen and oxygen atoms in total. The number of hydrogen-bond donors (Lipinski definition) is 2. The van der Waals surface area contributed by atoms with Crippen LogP contribution in [-0.2, 0) is 4.79 Å². The third-order valence-electron chi connectivity index (χ3n) is 2.84. The summed E-state index contributed by atoms with van der Waals surface area (Å²) in [5, 5.41) is 11.3. The summed E-state index contributed by atoms with van der Waals surface area (Å²) < 4.78 is 18.6. The van der Waals surface area contributed by atoms with Crippen LogP contribution in [0.2, 0.25) is 0 Å². The monoisotopic (exact) mass is 283 g/mol. The molecule has 2 N–H and O–H groups in total. The van der Waals surface area contributed by atoms with Gasteiger partial charge in [-0.2, -0.15) is 0 Å². The Morgan fingerprint density at radius 3 is 2.55 bits per heavy atom. The van der Waals surface area contributed by atoms with Crippen LogP contribution in [0.25, 0.3) is 0 Å². The highest BCUT2D eigenvalue weighted by atomic mass is 19.1. The molecule has 0 aliphatic carbocycles. The maximum absolute atomic E-state index is 13.7. The van der Waals surface area contributed by atoms with Crippen LogP contribution in [0.15, 0.2) is 18.2 Å². The lowest BCUT2D eigenvalue weighted by Gasteiger charge is -2.25. The van der Waals surface area contributed by atoms with Gasteiger partial charge >= 0.3 is 5.97 Å².